The molecule has 24 heavy (non-hydrogen) atoms. The van der Waals surface area contributed by atoms with Crippen LogP contribution in [0.15, 0.2) is 17.6 Å². The maximum atomic E-state index is 12.9. The molecule has 0 bridgehead atoms. The Morgan fingerprint density at radius 3 is 2.62 bits per heavy atom. The van der Waals surface area contributed by atoms with Gasteiger partial charge in [-0.3, -0.25) is 4.79 Å². The van der Waals surface area contributed by atoms with Crippen molar-refractivity contribution in [3.8, 4) is 0 Å². The Bertz CT molecular complexity index is 680. The van der Waals surface area contributed by atoms with Crippen molar-refractivity contribution in [2.45, 2.75) is 55.8 Å². The quantitative estimate of drug-likeness (QED) is 0.739. The summed E-state index contributed by atoms with van der Waals surface area (Å²) < 4.78 is 25.7. The maximum Gasteiger partial charge on any atom is 0.233 e. The normalized spacial score (nSPS) is 24.1. The van der Waals surface area contributed by atoms with Crippen LogP contribution in [0.2, 0.25) is 0 Å². The molecule has 1 saturated heterocycles. The number of sulfone groups is 1. The zero-order chi connectivity index (χ0) is 17.2. The Hall–Kier alpha value is -1.02. The van der Waals surface area contributed by atoms with Gasteiger partial charge in [-0.15, -0.1) is 0 Å². The molecule has 1 aliphatic heterocycles. The van der Waals surface area contributed by atoms with E-state index < -0.39 is 9.84 Å². The second kappa shape index (κ2) is 7.47. The first-order valence-electron chi connectivity index (χ1n) is 8.58. The number of hydrogen-bond acceptors (Lipinski definition) is 5. The van der Waals surface area contributed by atoms with Gasteiger partial charge < -0.3 is 9.47 Å². The van der Waals surface area contributed by atoms with Crippen LogP contribution in [0.5, 0.6) is 0 Å². The van der Waals surface area contributed by atoms with Crippen molar-refractivity contribution in [3.05, 3.63) is 12.4 Å². The third kappa shape index (κ3) is 4.14. The van der Waals surface area contributed by atoms with Gasteiger partial charge in [0, 0.05) is 31.5 Å². The van der Waals surface area contributed by atoms with Gasteiger partial charge in [-0.05, 0) is 19.3 Å². The number of carbonyl (C=O) groups excluding carboxylic acids is 1. The first-order valence-corrected chi connectivity index (χ1v) is 11.4. The number of hydrogen-bond donors (Lipinski definition) is 0. The fourth-order valence-electron chi connectivity index (χ4n) is 3.75. The predicted octanol–water partition coefficient (Wildman–Crippen LogP) is 1.86. The van der Waals surface area contributed by atoms with E-state index in [1.54, 1.807) is 6.20 Å². The van der Waals surface area contributed by atoms with Crippen LogP contribution in [0.4, 0.5) is 0 Å². The number of nitrogens with zero attached hydrogens (tertiary/aromatic N) is 3. The molecule has 6 nitrogen and oxygen atoms in total. The lowest BCUT2D eigenvalue weighted by molar-refractivity contribution is -0.133. The number of amides is 1. The van der Waals surface area contributed by atoms with E-state index in [9.17, 15) is 13.2 Å². The highest BCUT2D eigenvalue weighted by Gasteiger charge is 2.38. The van der Waals surface area contributed by atoms with Crippen LogP contribution in [0.25, 0.3) is 0 Å². The zero-order valence-corrected chi connectivity index (χ0v) is 15.7. The monoisotopic (exact) mass is 371 g/mol. The topological polar surface area (TPSA) is 72.3 Å². The van der Waals surface area contributed by atoms with Crippen LogP contribution < -0.4 is 0 Å². The Morgan fingerprint density at radius 2 is 2.04 bits per heavy atom. The molecule has 134 valence electrons. The van der Waals surface area contributed by atoms with Gasteiger partial charge in [0.2, 0.25) is 5.91 Å². The largest absolute Gasteiger partial charge is 0.335 e. The first kappa shape index (κ1) is 17.8. The van der Waals surface area contributed by atoms with E-state index in [0.29, 0.717) is 12.2 Å². The second-order valence-corrected chi connectivity index (χ2v) is 9.93. The summed E-state index contributed by atoms with van der Waals surface area (Å²) in [5, 5.41) is 0.811. The van der Waals surface area contributed by atoms with Crippen molar-refractivity contribution in [2.75, 3.05) is 17.3 Å². The minimum absolute atomic E-state index is 0.0528. The highest BCUT2D eigenvalue weighted by atomic mass is 32.2. The maximum absolute atomic E-state index is 12.9. The molecule has 3 rings (SSSR count). The fraction of sp³-hybridized carbons (Fsp3) is 0.750. The van der Waals surface area contributed by atoms with Crippen LogP contribution in [-0.2, 0) is 21.7 Å². The summed E-state index contributed by atoms with van der Waals surface area (Å²) in [6.07, 6.45) is 9.61. The average molecular weight is 372 g/mol. The summed E-state index contributed by atoms with van der Waals surface area (Å²) >= 11 is 1.42. The molecule has 8 heteroatoms. The number of thioether (sulfide) groups is 1. The highest BCUT2D eigenvalue weighted by molar-refractivity contribution is 7.99. The lowest BCUT2D eigenvalue weighted by Crippen LogP contribution is -2.49. The highest BCUT2D eigenvalue weighted by Crippen LogP contribution is 2.29. The van der Waals surface area contributed by atoms with Crippen LogP contribution >= 0.6 is 11.8 Å². The van der Waals surface area contributed by atoms with Gasteiger partial charge in [0.25, 0.3) is 0 Å². The van der Waals surface area contributed by atoms with Crippen molar-refractivity contribution in [1.82, 2.24) is 14.5 Å². The summed E-state index contributed by atoms with van der Waals surface area (Å²) in [6, 6.07) is 0.0547. The number of aryl methyl sites for hydroxylation is 1. The molecule has 1 amide bonds. The van der Waals surface area contributed by atoms with E-state index in [-0.39, 0.29) is 29.5 Å². The molecule has 2 aliphatic rings. The van der Waals surface area contributed by atoms with Crippen molar-refractivity contribution < 1.29 is 13.2 Å². The van der Waals surface area contributed by atoms with Gasteiger partial charge in [-0.2, -0.15) is 0 Å². The van der Waals surface area contributed by atoms with E-state index in [2.05, 4.69) is 4.98 Å². The Morgan fingerprint density at radius 1 is 1.29 bits per heavy atom. The van der Waals surface area contributed by atoms with Crippen molar-refractivity contribution in [2.24, 2.45) is 7.05 Å². The van der Waals surface area contributed by atoms with Gasteiger partial charge in [0.05, 0.1) is 17.3 Å². The molecule has 0 N–H and O–H groups in total. The first-order chi connectivity index (χ1) is 11.5. The summed E-state index contributed by atoms with van der Waals surface area (Å²) in [5.41, 5.74) is 0. The third-order valence-electron chi connectivity index (χ3n) is 4.96. The summed E-state index contributed by atoms with van der Waals surface area (Å²) in [6.45, 7) is 0. The number of carbonyl (C=O) groups is 1. The Balaban J connectivity index is 1.71. The minimum atomic E-state index is -2.99. The molecule has 2 fully saturated rings. The molecule has 1 unspecified atom stereocenters. The van der Waals surface area contributed by atoms with E-state index in [0.717, 1.165) is 30.8 Å². The van der Waals surface area contributed by atoms with Crippen molar-refractivity contribution in [3.63, 3.8) is 0 Å². The smallest absolute Gasteiger partial charge is 0.233 e. The SMILES string of the molecule is Cn1ccnc1SCC(=O)N(C1CCCCC1)C1CCS(=O)(=O)C1. The molecular weight excluding hydrogens is 346 g/mol. The molecule has 1 aromatic heterocycles. The summed E-state index contributed by atoms with van der Waals surface area (Å²) in [7, 11) is -1.09. The van der Waals surface area contributed by atoms with Crippen LogP contribution in [0.3, 0.4) is 0 Å². The van der Waals surface area contributed by atoms with Crippen molar-refractivity contribution >= 4 is 27.5 Å². The molecule has 1 aromatic rings. The zero-order valence-electron chi connectivity index (χ0n) is 14.1. The van der Waals surface area contributed by atoms with Crippen LogP contribution in [0.1, 0.15) is 38.5 Å². The molecule has 1 atom stereocenters. The van der Waals surface area contributed by atoms with E-state index in [4.69, 9.17) is 0 Å². The average Bonchev–Trinajstić information content (AvgIpc) is 3.12. The van der Waals surface area contributed by atoms with Gasteiger partial charge in [-0.25, -0.2) is 13.4 Å². The number of rotatable bonds is 5. The number of aromatic nitrogens is 2. The lowest BCUT2D eigenvalue weighted by Gasteiger charge is -2.38. The van der Waals surface area contributed by atoms with Gasteiger partial charge in [-0.1, -0.05) is 31.0 Å². The molecule has 0 radical (unpaired) electrons. The molecule has 2 heterocycles. The van der Waals surface area contributed by atoms with E-state index in [1.165, 1.54) is 18.2 Å². The lowest BCUT2D eigenvalue weighted by atomic mass is 9.93. The Labute approximate surface area is 147 Å². The van der Waals surface area contributed by atoms with Gasteiger partial charge in [0.1, 0.15) is 0 Å². The van der Waals surface area contributed by atoms with Crippen molar-refractivity contribution in [1.29, 1.82) is 0 Å². The molecule has 1 saturated carbocycles. The standard InChI is InChI=1S/C16H25N3O3S2/c1-18-9-8-17-16(18)23-11-15(20)19(13-5-3-2-4-6-13)14-7-10-24(21,22)12-14/h8-9,13-14H,2-7,10-12H2,1H3. The van der Waals surface area contributed by atoms with Crippen LogP contribution in [0, 0.1) is 0 Å². The molecule has 0 spiro atoms. The Kier molecular flexibility index (Phi) is 5.54. The molecule has 0 aromatic carbocycles. The van der Waals surface area contributed by atoms with E-state index in [1.807, 2.05) is 22.7 Å². The predicted molar refractivity (Wildman–Crippen MR) is 94.7 cm³/mol. The molecule has 1 aliphatic carbocycles. The van der Waals surface area contributed by atoms with Gasteiger partial charge >= 0.3 is 0 Å². The van der Waals surface area contributed by atoms with Crippen LogP contribution in [-0.4, -0.2) is 58.1 Å². The second-order valence-electron chi connectivity index (χ2n) is 6.76. The molecular formula is C16H25N3O3S2. The van der Waals surface area contributed by atoms with Gasteiger partial charge in [0.15, 0.2) is 15.0 Å². The third-order valence-corrected chi connectivity index (χ3v) is 7.75. The minimum Gasteiger partial charge on any atom is -0.335 e. The fourth-order valence-corrected chi connectivity index (χ4v) is 6.26. The summed E-state index contributed by atoms with van der Waals surface area (Å²) in [5.74, 6) is 0.706. The van der Waals surface area contributed by atoms with E-state index >= 15 is 0 Å². The number of imidazole rings is 1. The summed E-state index contributed by atoms with van der Waals surface area (Å²) in [4.78, 5) is 19.1.